The van der Waals surface area contributed by atoms with Crippen LogP contribution >= 0.6 is 0 Å². The summed E-state index contributed by atoms with van der Waals surface area (Å²) in [4.78, 5) is 25.2. The lowest BCUT2D eigenvalue weighted by atomic mass is 9.94. The third-order valence-corrected chi connectivity index (χ3v) is 23.4. The Morgan fingerprint density at radius 1 is 0.266 bits per heavy atom. The molecular weight excluding hydrogens is 1760 g/mol. The lowest BCUT2D eigenvalue weighted by Gasteiger charge is -2.51. The van der Waals surface area contributed by atoms with Gasteiger partial charge in [0.2, 0.25) is 11.8 Å². The summed E-state index contributed by atoms with van der Waals surface area (Å²) >= 11 is 0. The molecule has 58 heteroatoms. The highest BCUT2D eigenvalue weighted by atomic mass is 16.8. The average Bonchev–Trinajstić information content (AvgIpc) is 0.778. The van der Waals surface area contributed by atoms with Crippen LogP contribution in [0.2, 0.25) is 0 Å². The van der Waals surface area contributed by atoms with E-state index in [0.717, 1.165) is 13.8 Å². The van der Waals surface area contributed by atoms with E-state index in [9.17, 15) is 183 Å². The van der Waals surface area contributed by atoms with Gasteiger partial charge < -0.3 is 279 Å². The van der Waals surface area contributed by atoms with E-state index in [4.69, 9.17) is 94.7 Å². The molecule has 0 aromatic rings. The van der Waals surface area contributed by atoms with Gasteiger partial charge in [-0.15, -0.1) is 0 Å². The second kappa shape index (κ2) is 47.2. The van der Waals surface area contributed by atoms with Crippen molar-refractivity contribution >= 4 is 11.8 Å². The van der Waals surface area contributed by atoms with Gasteiger partial charge in [0.1, 0.15) is 262 Å². The number of amides is 2. The first-order valence-corrected chi connectivity index (χ1v) is 40.6. The number of carbonyl (C=O) groups excluding carboxylic acids is 2. The SMILES string of the molecule is CC(=O)N[C@H]1[C@H](O[C@@H]([C@H](O)[C@H](CO)NC(C)=O)[C@H](O)CO)O[C@H](CO)[C@@H](O[C@@H]2O[C@H](CO[C@H]3O[C@H](CO[C@H]4O[C@H](CO)[C@@H](O)[C@H](O)[C@@H]4O)[C@@H](O)[C@H](O[C@H]4O[C@H](CO)[C@@H](O)[C@H](O)[C@@H]4O[C@H]4O[C@H](CO)[C@@H](O)[C@H](O)[C@@H]4O)[C@@H]3O)[C@@H](O)[C@H](O[C@H]3O[C@H](CO)[C@@H](O)[C@H](O)[C@@H]3O[C@H]3O[C@H](CO)[C@@H](O)[C@H](O)[C@@H]3O[C@H]3O[C@H](CO)[C@@H](O)[C@H](O[C@H]4O[C@H](CO)[C@@H](O)[C@H](O)[C@H]4O)[C@@H]3O)[C@@H]2O)[C@@H]1O. The number of ether oxygens (including phenoxy) is 20. The van der Waals surface area contributed by atoms with Gasteiger partial charge in [-0.3, -0.25) is 9.59 Å². The molecule has 0 spiro atoms. The highest BCUT2D eigenvalue weighted by Gasteiger charge is 2.62. The van der Waals surface area contributed by atoms with Crippen LogP contribution in [0.4, 0.5) is 0 Å². The number of rotatable bonds is 37. The van der Waals surface area contributed by atoms with Crippen LogP contribution in [0.5, 0.6) is 0 Å². The van der Waals surface area contributed by atoms with Crippen molar-refractivity contribution in [1.29, 1.82) is 0 Å². The van der Waals surface area contributed by atoms with E-state index >= 15 is 0 Å². The molecule has 10 aliphatic rings. The number of aliphatic hydroxyl groups excluding tert-OH is 34. The minimum atomic E-state index is -2.72. The van der Waals surface area contributed by atoms with Crippen molar-refractivity contribution in [3.63, 3.8) is 0 Å². The molecule has 746 valence electrons. The predicted octanol–water partition coefficient (Wildman–Crippen LogP) is -25.1. The summed E-state index contributed by atoms with van der Waals surface area (Å²) in [6, 6.07) is -3.76. The Morgan fingerprint density at radius 3 is 0.883 bits per heavy atom. The van der Waals surface area contributed by atoms with E-state index in [1.807, 2.05) is 0 Å². The average molecular weight is 1890 g/mol. The molecule has 0 unspecified atom stereocenters. The predicted molar refractivity (Wildman–Crippen MR) is 388 cm³/mol. The Morgan fingerprint density at radius 2 is 0.531 bits per heavy atom. The van der Waals surface area contributed by atoms with Crippen molar-refractivity contribution < 1.29 is 278 Å². The van der Waals surface area contributed by atoms with Gasteiger partial charge in [-0.1, -0.05) is 0 Å². The highest BCUT2D eigenvalue weighted by Crippen LogP contribution is 2.41. The third-order valence-electron chi connectivity index (χ3n) is 23.4. The van der Waals surface area contributed by atoms with Gasteiger partial charge in [0.25, 0.3) is 0 Å². The topological polar surface area (TPSA) is 931 Å². The fraction of sp³-hybridized carbons (Fsp3) is 0.971. The van der Waals surface area contributed by atoms with Crippen molar-refractivity contribution in [2.45, 2.75) is 345 Å². The van der Waals surface area contributed by atoms with Crippen LogP contribution in [0, 0.1) is 0 Å². The van der Waals surface area contributed by atoms with Crippen LogP contribution in [0.15, 0.2) is 0 Å². The quantitative estimate of drug-likeness (QED) is 0.0275. The van der Waals surface area contributed by atoms with Gasteiger partial charge in [-0.2, -0.15) is 0 Å². The first kappa shape index (κ1) is 107. The summed E-state index contributed by atoms with van der Waals surface area (Å²) in [5.41, 5.74) is 0. The Labute approximate surface area is 723 Å². The van der Waals surface area contributed by atoms with E-state index in [0.29, 0.717) is 0 Å². The van der Waals surface area contributed by atoms with Crippen LogP contribution in [0.3, 0.4) is 0 Å². The molecule has 0 bridgehead atoms. The summed E-state index contributed by atoms with van der Waals surface area (Å²) in [6.07, 6.45) is -116. The van der Waals surface area contributed by atoms with Gasteiger partial charge in [0, 0.05) is 13.8 Å². The van der Waals surface area contributed by atoms with Crippen molar-refractivity contribution in [2.24, 2.45) is 0 Å². The van der Waals surface area contributed by atoms with Crippen molar-refractivity contribution in [3.05, 3.63) is 0 Å². The molecule has 10 aliphatic heterocycles. The maximum Gasteiger partial charge on any atom is 0.217 e. The van der Waals surface area contributed by atoms with Gasteiger partial charge in [0.15, 0.2) is 62.9 Å². The molecule has 10 fully saturated rings. The molecular formula is C70H120N2O56. The first-order valence-electron chi connectivity index (χ1n) is 40.6. The molecule has 2 amide bonds. The number of aliphatic hydroxyl groups is 34. The molecule has 0 aromatic carbocycles. The fourth-order valence-corrected chi connectivity index (χ4v) is 16.1. The molecule has 10 saturated heterocycles. The Kier molecular flexibility index (Phi) is 39.4. The minimum absolute atomic E-state index is 0.848. The Hall–Kier alpha value is -3.22. The van der Waals surface area contributed by atoms with Crippen LogP contribution in [-0.4, -0.2) is 596 Å². The van der Waals surface area contributed by atoms with E-state index in [-0.39, 0.29) is 0 Å². The van der Waals surface area contributed by atoms with Crippen molar-refractivity contribution in [3.8, 4) is 0 Å². The van der Waals surface area contributed by atoms with E-state index in [1.165, 1.54) is 0 Å². The number of carbonyl (C=O) groups is 2. The van der Waals surface area contributed by atoms with Gasteiger partial charge >= 0.3 is 0 Å². The molecule has 10 heterocycles. The number of hydrogen-bond donors (Lipinski definition) is 36. The van der Waals surface area contributed by atoms with Crippen LogP contribution < -0.4 is 10.6 Å². The first-order chi connectivity index (χ1) is 60.6. The molecule has 58 nitrogen and oxygen atoms in total. The minimum Gasteiger partial charge on any atom is -0.394 e. The molecule has 0 radical (unpaired) electrons. The molecule has 54 atom stereocenters. The lowest BCUT2D eigenvalue weighted by molar-refractivity contribution is -0.411. The number of nitrogens with one attached hydrogen (secondary N) is 2. The smallest absolute Gasteiger partial charge is 0.217 e. The normalized spacial score (nSPS) is 49.1. The second-order valence-electron chi connectivity index (χ2n) is 32.1. The van der Waals surface area contributed by atoms with Crippen molar-refractivity contribution in [2.75, 3.05) is 79.3 Å². The summed E-state index contributed by atoms with van der Waals surface area (Å²) in [5.74, 6) is -1.89. The maximum atomic E-state index is 13.1. The standard InChI is InChI=1S/C70H120N2O56/c1-15(83)71-17(3-73)30(86)53(18(85)4-74)121-61-29(72-16(2)84)40(96)54(26(12-82)118-61)122-67-52(108)57(125-69-60(46(102)36(92)23(9-79)116-69)128-70-59(45(101)35(91)24(10-80)117-70)127-66-51(107)55(37(93)25(11-81)114-66)123-64-48(104)42(98)32(88)20(6-76)112-64)39(95)28(120-67)14-110-63-50(106)56(38(94)27(119-63)13-109-62-47(103)41(97)31(87)19(5-75)111-62)124-68-58(44(100)34(90)22(8-78)115-68)126-65-49(105)43(99)33(89)21(7-77)113-65/h17-70,73-82,85-108H,3-14H2,1-2H3,(H,71,83)(H,72,84)/t17-,18+,19+,20+,21+,22+,23+,24+,25+,26+,27+,28+,29+,30+,31+,32+,33+,34+,35+,36+,37+,38+,39+,40+,41-,42-,43-,44-,45-,46-,47-,48+,49-,50-,51-,52-,53+,54+,55-,56-,57-,58-,59-,60-,61-,62-,63-,64+,65+,66+,67-,68+,69+,70+/m0/s1. The molecule has 10 rings (SSSR count). The summed E-state index contributed by atoms with van der Waals surface area (Å²) in [7, 11) is 0. The lowest BCUT2D eigenvalue weighted by Crippen LogP contribution is -2.70. The molecule has 0 aromatic heterocycles. The Bertz CT molecular complexity index is 3330. The van der Waals surface area contributed by atoms with Crippen LogP contribution in [-0.2, 0) is 104 Å². The number of hydrogen-bond acceptors (Lipinski definition) is 56. The third kappa shape index (κ3) is 23.4. The molecule has 0 aliphatic carbocycles. The summed E-state index contributed by atoms with van der Waals surface area (Å²) in [5, 5.41) is 382. The molecule has 0 saturated carbocycles. The molecule has 36 N–H and O–H groups in total. The summed E-state index contributed by atoms with van der Waals surface area (Å²) in [6.45, 7) is -12.2. The largest absolute Gasteiger partial charge is 0.394 e. The van der Waals surface area contributed by atoms with Gasteiger partial charge in [0.05, 0.1) is 85.3 Å². The summed E-state index contributed by atoms with van der Waals surface area (Å²) < 4.78 is 117. The maximum absolute atomic E-state index is 13.1. The molecule has 128 heavy (non-hydrogen) atoms. The zero-order valence-electron chi connectivity index (χ0n) is 67.8. The monoisotopic (exact) mass is 1880 g/mol. The van der Waals surface area contributed by atoms with Gasteiger partial charge in [-0.05, 0) is 0 Å². The van der Waals surface area contributed by atoms with E-state index < -0.39 is 422 Å². The van der Waals surface area contributed by atoms with Gasteiger partial charge in [-0.25, -0.2) is 0 Å². The van der Waals surface area contributed by atoms with Crippen LogP contribution in [0.25, 0.3) is 0 Å². The fourth-order valence-electron chi connectivity index (χ4n) is 16.1. The second-order valence-corrected chi connectivity index (χ2v) is 32.1. The highest BCUT2D eigenvalue weighted by molar-refractivity contribution is 5.73. The zero-order chi connectivity index (χ0) is 94.4. The van der Waals surface area contributed by atoms with E-state index in [2.05, 4.69) is 10.6 Å². The zero-order valence-corrected chi connectivity index (χ0v) is 67.8. The van der Waals surface area contributed by atoms with Crippen molar-refractivity contribution in [1.82, 2.24) is 10.6 Å². The van der Waals surface area contributed by atoms with E-state index in [1.54, 1.807) is 0 Å². The Balaban J connectivity index is 1.01. The van der Waals surface area contributed by atoms with Crippen LogP contribution in [0.1, 0.15) is 13.8 Å².